The van der Waals surface area contributed by atoms with Crippen LogP contribution in [0.15, 0.2) is 35.2 Å². The molecule has 2 heterocycles. The van der Waals surface area contributed by atoms with Crippen molar-refractivity contribution in [1.29, 1.82) is 0 Å². The minimum atomic E-state index is -3.79. The molecule has 0 unspecified atom stereocenters. The summed E-state index contributed by atoms with van der Waals surface area (Å²) < 4.78 is 55.9. The fraction of sp³-hybridized carbons (Fsp3) is 0.611. The summed E-state index contributed by atoms with van der Waals surface area (Å²) >= 11 is 0. The van der Waals surface area contributed by atoms with Crippen molar-refractivity contribution in [2.45, 2.75) is 36.0 Å². The zero-order valence-corrected chi connectivity index (χ0v) is 16.9. The van der Waals surface area contributed by atoms with Crippen LogP contribution >= 0.6 is 0 Å². The lowest BCUT2D eigenvalue weighted by Crippen LogP contribution is -2.51. The van der Waals surface area contributed by atoms with Crippen molar-refractivity contribution < 1.29 is 26.4 Å². The molecule has 0 saturated carbocycles. The number of carbonyl (C=O) groups is 1. The lowest BCUT2D eigenvalue weighted by atomic mass is 9.96. The lowest BCUT2D eigenvalue weighted by molar-refractivity contribution is -0.150. The van der Waals surface area contributed by atoms with Crippen LogP contribution in [-0.2, 0) is 29.2 Å². The summed E-state index contributed by atoms with van der Waals surface area (Å²) in [4.78, 5) is 14.1. The van der Waals surface area contributed by atoms with Gasteiger partial charge in [0.1, 0.15) is 0 Å². The molecule has 0 aromatic heterocycles. The highest BCUT2D eigenvalue weighted by atomic mass is 32.2. The van der Waals surface area contributed by atoms with Crippen LogP contribution in [0, 0.1) is 5.92 Å². The molecular weight excluding hydrogens is 390 g/mol. The van der Waals surface area contributed by atoms with Gasteiger partial charge in [-0.3, -0.25) is 9.69 Å². The van der Waals surface area contributed by atoms with E-state index in [2.05, 4.69) is 0 Å². The summed E-state index contributed by atoms with van der Waals surface area (Å²) in [6.07, 6.45) is 1.38. The van der Waals surface area contributed by atoms with E-state index in [1.54, 1.807) is 25.1 Å². The normalized spacial score (nSPS) is 28.7. The van der Waals surface area contributed by atoms with E-state index in [4.69, 9.17) is 4.74 Å². The molecule has 0 bridgehead atoms. The molecule has 0 amide bonds. The molecule has 2 aliphatic rings. The Bertz CT molecular complexity index is 882. The molecule has 0 N–H and O–H groups in total. The molecule has 0 spiro atoms. The highest BCUT2D eigenvalue weighted by Crippen LogP contribution is 2.31. The number of esters is 1. The fourth-order valence-corrected chi connectivity index (χ4v) is 8.83. The van der Waals surface area contributed by atoms with Gasteiger partial charge in [0.15, 0.2) is 19.7 Å². The number of carbonyl (C=O) groups excluding carboxylic acids is 1. The first kappa shape index (κ1) is 20.3. The second-order valence-corrected chi connectivity index (χ2v) is 11.4. The third kappa shape index (κ3) is 4.35. The Morgan fingerprint density at radius 2 is 1.93 bits per heavy atom. The Balaban J connectivity index is 1.87. The SMILES string of the molecule is CCOC(=O)[C@@H]1CCCN([C@H]2CS(=O)(=O)C[C@@H]2S(=O)(=O)c2ccccc2)C1. The Labute approximate surface area is 160 Å². The van der Waals surface area contributed by atoms with Gasteiger partial charge in [-0.15, -0.1) is 0 Å². The first-order valence-corrected chi connectivity index (χ1v) is 12.5. The zero-order valence-electron chi connectivity index (χ0n) is 15.3. The Hall–Kier alpha value is -1.45. The van der Waals surface area contributed by atoms with Crippen LogP contribution in [0.4, 0.5) is 0 Å². The third-order valence-corrected chi connectivity index (χ3v) is 9.42. The summed E-state index contributed by atoms with van der Waals surface area (Å²) in [7, 11) is -7.26. The van der Waals surface area contributed by atoms with Gasteiger partial charge in [0, 0.05) is 12.6 Å². The predicted octanol–water partition coefficient (Wildman–Crippen LogP) is 0.901. The van der Waals surface area contributed by atoms with Gasteiger partial charge in [-0.2, -0.15) is 0 Å². The molecule has 7 nitrogen and oxygen atoms in total. The standard InChI is InChI=1S/C18H25NO6S2/c1-2-25-18(20)14-7-6-10-19(11-14)16-12-26(21,22)13-17(16)27(23,24)15-8-4-3-5-9-15/h3-5,8-9,14,16-17H,2,6-7,10-13H2,1H3/t14-,16+,17+/m1/s1. The summed E-state index contributed by atoms with van der Waals surface area (Å²) in [6, 6.07) is 7.32. The second kappa shape index (κ2) is 7.89. The molecule has 2 saturated heterocycles. The summed E-state index contributed by atoms with van der Waals surface area (Å²) in [5.74, 6) is -1.22. The minimum absolute atomic E-state index is 0.135. The molecule has 1 aromatic rings. The van der Waals surface area contributed by atoms with Crippen molar-refractivity contribution in [2.24, 2.45) is 5.92 Å². The van der Waals surface area contributed by atoms with E-state index < -0.39 is 31.0 Å². The van der Waals surface area contributed by atoms with Gasteiger partial charge in [0.05, 0.1) is 34.2 Å². The van der Waals surface area contributed by atoms with E-state index in [-0.39, 0.29) is 34.9 Å². The van der Waals surface area contributed by atoms with Crippen molar-refractivity contribution in [2.75, 3.05) is 31.2 Å². The zero-order chi connectivity index (χ0) is 19.7. The average molecular weight is 416 g/mol. The lowest BCUT2D eigenvalue weighted by Gasteiger charge is -2.37. The van der Waals surface area contributed by atoms with Crippen LogP contribution in [0.25, 0.3) is 0 Å². The van der Waals surface area contributed by atoms with Crippen LogP contribution in [0.5, 0.6) is 0 Å². The van der Waals surface area contributed by atoms with Crippen molar-refractivity contribution in [3.8, 4) is 0 Å². The van der Waals surface area contributed by atoms with Crippen molar-refractivity contribution in [3.63, 3.8) is 0 Å². The van der Waals surface area contributed by atoms with E-state index >= 15 is 0 Å². The van der Waals surface area contributed by atoms with Gasteiger partial charge in [-0.1, -0.05) is 18.2 Å². The van der Waals surface area contributed by atoms with E-state index in [0.29, 0.717) is 25.9 Å². The molecule has 2 fully saturated rings. The molecule has 9 heteroatoms. The molecule has 27 heavy (non-hydrogen) atoms. The number of sulfone groups is 2. The number of benzene rings is 1. The predicted molar refractivity (Wildman–Crippen MR) is 101 cm³/mol. The third-order valence-electron chi connectivity index (χ3n) is 5.28. The number of rotatable bonds is 5. The van der Waals surface area contributed by atoms with E-state index in [0.717, 1.165) is 0 Å². The van der Waals surface area contributed by atoms with Gasteiger partial charge in [-0.05, 0) is 38.4 Å². The van der Waals surface area contributed by atoms with Crippen molar-refractivity contribution in [1.82, 2.24) is 4.90 Å². The van der Waals surface area contributed by atoms with Crippen molar-refractivity contribution >= 4 is 25.6 Å². The van der Waals surface area contributed by atoms with Gasteiger partial charge in [0.25, 0.3) is 0 Å². The average Bonchev–Trinajstić information content (AvgIpc) is 2.99. The fourth-order valence-electron chi connectivity index (χ4n) is 3.98. The number of ether oxygens (including phenoxy) is 1. The van der Waals surface area contributed by atoms with E-state index in [9.17, 15) is 21.6 Å². The summed E-state index contributed by atoms with van der Waals surface area (Å²) in [5, 5.41) is -1.02. The van der Waals surface area contributed by atoms with Crippen LogP contribution in [-0.4, -0.2) is 70.2 Å². The minimum Gasteiger partial charge on any atom is -0.466 e. The number of hydrogen-bond acceptors (Lipinski definition) is 7. The van der Waals surface area contributed by atoms with Gasteiger partial charge < -0.3 is 4.74 Å². The molecule has 0 radical (unpaired) electrons. The molecule has 3 rings (SSSR count). The number of nitrogens with zero attached hydrogens (tertiary/aromatic N) is 1. The highest BCUT2D eigenvalue weighted by molar-refractivity contribution is 7.96. The molecular formula is C18H25NO6S2. The topological polar surface area (TPSA) is 97.8 Å². The van der Waals surface area contributed by atoms with Crippen LogP contribution in [0.2, 0.25) is 0 Å². The Kier molecular flexibility index (Phi) is 5.93. The molecule has 1 aromatic carbocycles. The quantitative estimate of drug-likeness (QED) is 0.659. The Morgan fingerprint density at radius 3 is 2.59 bits per heavy atom. The summed E-state index contributed by atoms with van der Waals surface area (Å²) in [6.45, 7) is 2.94. The van der Waals surface area contributed by atoms with Crippen LogP contribution < -0.4 is 0 Å². The monoisotopic (exact) mass is 415 g/mol. The molecule has 2 aliphatic heterocycles. The molecule has 0 aliphatic carbocycles. The largest absolute Gasteiger partial charge is 0.466 e. The highest BCUT2D eigenvalue weighted by Gasteiger charge is 2.49. The number of hydrogen-bond donors (Lipinski definition) is 0. The van der Waals surface area contributed by atoms with E-state index in [1.165, 1.54) is 12.1 Å². The van der Waals surface area contributed by atoms with Gasteiger partial charge in [0.2, 0.25) is 0 Å². The van der Waals surface area contributed by atoms with Gasteiger partial charge >= 0.3 is 5.97 Å². The van der Waals surface area contributed by atoms with Crippen LogP contribution in [0.1, 0.15) is 19.8 Å². The van der Waals surface area contributed by atoms with Crippen molar-refractivity contribution in [3.05, 3.63) is 30.3 Å². The Morgan fingerprint density at radius 1 is 1.22 bits per heavy atom. The maximum absolute atomic E-state index is 13.1. The number of piperidine rings is 1. The second-order valence-electron chi connectivity index (χ2n) is 7.13. The van der Waals surface area contributed by atoms with Gasteiger partial charge in [-0.25, -0.2) is 16.8 Å². The van der Waals surface area contributed by atoms with Crippen LogP contribution in [0.3, 0.4) is 0 Å². The number of likely N-dealkylation sites (tertiary alicyclic amines) is 1. The smallest absolute Gasteiger partial charge is 0.310 e. The molecule has 3 atom stereocenters. The maximum Gasteiger partial charge on any atom is 0.310 e. The first-order valence-electron chi connectivity index (χ1n) is 9.14. The first-order chi connectivity index (χ1) is 12.7. The van der Waals surface area contributed by atoms with E-state index in [1.807, 2.05) is 4.90 Å². The summed E-state index contributed by atoms with van der Waals surface area (Å²) in [5.41, 5.74) is 0. The molecule has 150 valence electrons. The maximum atomic E-state index is 13.1.